The lowest BCUT2D eigenvalue weighted by molar-refractivity contribution is 0.670. The molecular formula is C17H19N. The molecule has 18 heavy (non-hydrogen) atoms. The number of hydrogen-bond acceptors (Lipinski definition) is 1. The van der Waals surface area contributed by atoms with Crippen LogP contribution >= 0.6 is 0 Å². The van der Waals surface area contributed by atoms with Crippen molar-refractivity contribution in [2.24, 2.45) is 0 Å². The van der Waals surface area contributed by atoms with Gasteiger partial charge in [0.2, 0.25) is 0 Å². The molecule has 1 aromatic rings. The molecule has 1 aromatic carbocycles. The van der Waals surface area contributed by atoms with Crippen LogP contribution in [-0.4, -0.2) is 0 Å². The van der Waals surface area contributed by atoms with Crippen molar-refractivity contribution in [1.29, 1.82) is 5.26 Å². The van der Waals surface area contributed by atoms with E-state index in [9.17, 15) is 0 Å². The van der Waals surface area contributed by atoms with Crippen molar-refractivity contribution in [3.63, 3.8) is 0 Å². The number of benzene rings is 1. The van der Waals surface area contributed by atoms with Gasteiger partial charge in [0, 0.05) is 5.56 Å². The molecule has 1 heteroatoms. The number of nitrogens with zero attached hydrogens (tertiary/aromatic N) is 1. The Labute approximate surface area is 110 Å². The smallest absolute Gasteiger partial charge is 0.0991 e. The van der Waals surface area contributed by atoms with E-state index in [0.29, 0.717) is 5.56 Å². The minimum Gasteiger partial charge on any atom is -0.192 e. The summed E-state index contributed by atoms with van der Waals surface area (Å²) in [6, 6.07) is 9.41. The Morgan fingerprint density at radius 3 is 2.39 bits per heavy atom. The molecule has 0 aliphatic heterocycles. The third-order valence-electron chi connectivity index (χ3n) is 2.73. The molecule has 0 bridgehead atoms. The van der Waals surface area contributed by atoms with Crippen LogP contribution in [0.1, 0.15) is 50.2 Å². The highest BCUT2D eigenvalue weighted by Gasteiger charge is 1.92. The Hall–Kier alpha value is -1.99. The fraction of sp³-hybridized carbons (Fsp3) is 0.353. The first kappa shape index (κ1) is 14.1. The molecule has 0 spiro atoms. The second kappa shape index (κ2) is 8.15. The number of hydrogen-bond donors (Lipinski definition) is 0. The molecule has 92 valence electrons. The van der Waals surface area contributed by atoms with Gasteiger partial charge in [0.05, 0.1) is 11.6 Å². The largest absolute Gasteiger partial charge is 0.192 e. The SMILES string of the molecule is C=C(C#Cc1ccc(C#N)cc1)CCCCCC. The van der Waals surface area contributed by atoms with E-state index in [1.165, 1.54) is 25.7 Å². The lowest BCUT2D eigenvalue weighted by Gasteiger charge is -1.97. The van der Waals surface area contributed by atoms with E-state index in [-0.39, 0.29) is 0 Å². The third-order valence-corrected chi connectivity index (χ3v) is 2.73. The van der Waals surface area contributed by atoms with Gasteiger partial charge < -0.3 is 0 Å². The van der Waals surface area contributed by atoms with Crippen LogP contribution in [0.25, 0.3) is 0 Å². The number of unbranched alkanes of at least 4 members (excludes halogenated alkanes) is 3. The van der Waals surface area contributed by atoms with E-state index in [4.69, 9.17) is 5.26 Å². The van der Waals surface area contributed by atoms with Crippen LogP contribution < -0.4 is 0 Å². The Balaban J connectivity index is 2.44. The summed E-state index contributed by atoms with van der Waals surface area (Å²) in [5.41, 5.74) is 2.60. The normalized spacial score (nSPS) is 9.11. The molecule has 0 atom stereocenters. The molecule has 1 rings (SSSR count). The minimum atomic E-state index is 0.666. The average Bonchev–Trinajstić information content (AvgIpc) is 2.42. The summed E-state index contributed by atoms with van der Waals surface area (Å²) in [4.78, 5) is 0. The monoisotopic (exact) mass is 237 g/mol. The summed E-state index contributed by atoms with van der Waals surface area (Å²) in [5.74, 6) is 6.16. The van der Waals surface area contributed by atoms with E-state index >= 15 is 0 Å². The summed E-state index contributed by atoms with van der Waals surface area (Å²) in [5, 5.41) is 8.69. The Morgan fingerprint density at radius 1 is 1.11 bits per heavy atom. The number of nitriles is 1. The van der Waals surface area contributed by atoms with Gasteiger partial charge in [0.15, 0.2) is 0 Å². The van der Waals surface area contributed by atoms with Crippen LogP contribution in [0.4, 0.5) is 0 Å². The molecule has 0 aromatic heterocycles. The van der Waals surface area contributed by atoms with Gasteiger partial charge in [-0.2, -0.15) is 5.26 Å². The standard InChI is InChI=1S/C17H19N/c1-3-4-5-6-7-15(2)8-9-16-10-12-17(14-18)13-11-16/h10-13H,2-7H2,1H3. The molecule has 0 aliphatic carbocycles. The molecule has 0 unspecified atom stereocenters. The molecule has 1 nitrogen and oxygen atoms in total. The fourth-order valence-electron chi connectivity index (χ4n) is 1.62. The van der Waals surface area contributed by atoms with Crippen LogP contribution in [0.2, 0.25) is 0 Å². The van der Waals surface area contributed by atoms with Crippen molar-refractivity contribution in [3.05, 3.63) is 47.5 Å². The lowest BCUT2D eigenvalue weighted by atomic mass is 10.1. The number of rotatable bonds is 5. The maximum atomic E-state index is 8.69. The molecule has 0 saturated carbocycles. The Kier molecular flexibility index (Phi) is 6.37. The van der Waals surface area contributed by atoms with Crippen molar-refractivity contribution in [2.45, 2.75) is 39.0 Å². The van der Waals surface area contributed by atoms with Gasteiger partial charge in [-0.05, 0) is 42.7 Å². The van der Waals surface area contributed by atoms with E-state index in [1.807, 2.05) is 12.1 Å². The highest BCUT2D eigenvalue weighted by atomic mass is 14.2. The summed E-state index contributed by atoms with van der Waals surface area (Å²) in [7, 11) is 0. The first-order valence-electron chi connectivity index (χ1n) is 6.46. The molecule has 0 aliphatic rings. The second-order valence-corrected chi connectivity index (χ2v) is 4.35. The van der Waals surface area contributed by atoms with Gasteiger partial charge in [-0.1, -0.05) is 44.6 Å². The zero-order valence-corrected chi connectivity index (χ0v) is 11.0. The number of allylic oxidation sites excluding steroid dienone is 1. The van der Waals surface area contributed by atoms with Crippen molar-refractivity contribution in [2.75, 3.05) is 0 Å². The third kappa shape index (κ3) is 5.37. The Morgan fingerprint density at radius 2 is 1.78 bits per heavy atom. The fourth-order valence-corrected chi connectivity index (χ4v) is 1.62. The topological polar surface area (TPSA) is 23.8 Å². The summed E-state index contributed by atoms with van der Waals surface area (Å²) in [6.07, 6.45) is 5.96. The predicted molar refractivity (Wildman–Crippen MR) is 75.9 cm³/mol. The predicted octanol–water partition coefficient (Wildman–Crippen LogP) is 4.44. The second-order valence-electron chi connectivity index (χ2n) is 4.35. The van der Waals surface area contributed by atoms with Gasteiger partial charge in [0.25, 0.3) is 0 Å². The first-order chi connectivity index (χ1) is 8.76. The zero-order chi connectivity index (χ0) is 13.2. The van der Waals surface area contributed by atoms with Crippen LogP contribution in [0.15, 0.2) is 36.4 Å². The molecule has 0 fully saturated rings. The summed E-state index contributed by atoms with van der Waals surface area (Å²) in [6.45, 7) is 6.18. The van der Waals surface area contributed by atoms with Gasteiger partial charge in [0.1, 0.15) is 0 Å². The van der Waals surface area contributed by atoms with Crippen LogP contribution in [0.3, 0.4) is 0 Å². The summed E-state index contributed by atoms with van der Waals surface area (Å²) < 4.78 is 0. The highest BCUT2D eigenvalue weighted by molar-refractivity contribution is 5.42. The first-order valence-corrected chi connectivity index (χ1v) is 6.46. The molecular weight excluding hydrogens is 218 g/mol. The van der Waals surface area contributed by atoms with Crippen molar-refractivity contribution >= 4 is 0 Å². The van der Waals surface area contributed by atoms with Crippen molar-refractivity contribution in [1.82, 2.24) is 0 Å². The van der Waals surface area contributed by atoms with Crippen molar-refractivity contribution in [3.8, 4) is 17.9 Å². The summed E-state index contributed by atoms with van der Waals surface area (Å²) >= 11 is 0. The molecule has 0 N–H and O–H groups in total. The van der Waals surface area contributed by atoms with E-state index in [1.54, 1.807) is 12.1 Å². The van der Waals surface area contributed by atoms with E-state index in [0.717, 1.165) is 17.6 Å². The van der Waals surface area contributed by atoms with Gasteiger partial charge >= 0.3 is 0 Å². The van der Waals surface area contributed by atoms with E-state index in [2.05, 4.69) is 31.4 Å². The maximum absolute atomic E-state index is 8.69. The van der Waals surface area contributed by atoms with E-state index < -0.39 is 0 Å². The lowest BCUT2D eigenvalue weighted by Crippen LogP contribution is -1.81. The molecule has 0 radical (unpaired) electrons. The molecule has 0 amide bonds. The van der Waals surface area contributed by atoms with Gasteiger partial charge in [-0.25, -0.2) is 0 Å². The highest BCUT2D eigenvalue weighted by Crippen LogP contribution is 2.08. The van der Waals surface area contributed by atoms with Crippen LogP contribution in [0, 0.1) is 23.2 Å². The average molecular weight is 237 g/mol. The van der Waals surface area contributed by atoms with Crippen molar-refractivity contribution < 1.29 is 0 Å². The zero-order valence-electron chi connectivity index (χ0n) is 11.0. The Bertz CT molecular complexity index is 477. The quantitative estimate of drug-likeness (QED) is 0.548. The van der Waals surface area contributed by atoms with Gasteiger partial charge in [-0.3, -0.25) is 0 Å². The van der Waals surface area contributed by atoms with Crippen LogP contribution in [-0.2, 0) is 0 Å². The molecule has 0 heterocycles. The minimum absolute atomic E-state index is 0.666. The van der Waals surface area contributed by atoms with Crippen LogP contribution in [0.5, 0.6) is 0 Å². The molecule has 0 saturated heterocycles. The van der Waals surface area contributed by atoms with Gasteiger partial charge in [-0.15, -0.1) is 0 Å². The maximum Gasteiger partial charge on any atom is 0.0991 e.